The highest BCUT2D eigenvalue weighted by Gasteiger charge is 2.23. The summed E-state index contributed by atoms with van der Waals surface area (Å²) in [7, 11) is 0. The summed E-state index contributed by atoms with van der Waals surface area (Å²) in [5.74, 6) is 0. The van der Waals surface area contributed by atoms with Crippen LogP contribution in [0.3, 0.4) is 0 Å². The maximum atomic E-state index is 4.74. The first-order chi connectivity index (χ1) is 15.1. The van der Waals surface area contributed by atoms with Gasteiger partial charge in [0.1, 0.15) is 18.5 Å². The molecule has 0 N–H and O–H groups in total. The highest BCUT2D eigenvalue weighted by Crippen LogP contribution is 2.15. The highest BCUT2D eigenvalue weighted by molar-refractivity contribution is 5.80. The van der Waals surface area contributed by atoms with Crippen LogP contribution < -0.4 is 0 Å². The number of hydrogen-bond acceptors (Lipinski definition) is 7. The number of pyridine rings is 3. The quantitative estimate of drug-likeness (QED) is 0.499. The molecule has 3 atom stereocenters. The topological polar surface area (TPSA) is 79.0 Å². The van der Waals surface area contributed by atoms with Crippen molar-refractivity contribution in [1.29, 1.82) is 0 Å². The molecule has 0 aromatic carbocycles. The van der Waals surface area contributed by atoms with Crippen LogP contribution in [-0.4, -0.2) is 57.0 Å². The minimum atomic E-state index is -0.151. The third-order valence-electron chi connectivity index (χ3n) is 4.67. The van der Waals surface area contributed by atoms with E-state index < -0.39 is 0 Å². The molecule has 0 aliphatic carbocycles. The first kappa shape index (κ1) is 22.1. The highest BCUT2D eigenvalue weighted by atomic mass is 15.4. The van der Waals surface area contributed by atoms with Crippen molar-refractivity contribution in [2.45, 2.75) is 39.3 Å². The lowest BCUT2D eigenvalue weighted by molar-refractivity contribution is 0.118. The summed E-state index contributed by atoms with van der Waals surface area (Å²) in [4.78, 5) is 28.8. The first-order valence-electron chi connectivity index (χ1n) is 10.2. The summed E-state index contributed by atoms with van der Waals surface area (Å²) < 4.78 is 0. The fourth-order valence-electron chi connectivity index (χ4n) is 3.11. The maximum absolute atomic E-state index is 4.74. The van der Waals surface area contributed by atoms with Crippen LogP contribution in [-0.2, 0) is 0 Å². The molecule has 0 bridgehead atoms. The van der Waals surface area contributed by atoms with Crippen molar-refractivity contribution in [2.24, 2.45) is 15.0 Å². The zero-order chi connectivity index (χ0) is 21.9. The molecular formula is C24H27N7. The second-order valence-electron chi connectivity index (χ2n) is 7.04. The van der Waals surface area contributed by atoms with Gasteiger partial charge in [-0.3, -0.25) is 29.9 Å². The molecule has 0 spiro atoms. The molecule has 0 saturated carbocycles. The van der Waals surface area contributed by atoms with E-state index in [-0.39, 0.29) is 18.5 Å². The smallest absolute Gasteiger partial charge is 0.102 e. The van der Waals surface area contributed by atoms with Crippen LogP contribution in [0.25, 0.3) is 0 Å². The van der Waals surface area contributed by atoms with Crippen LogP contribution in [0.5, 0.6) is 0 Å². The summed E-state index contributed by atoms with van der Waals surface area (Å²) in [6.07, 6.45) is 15.6. The van der Waals surface area contributed by atoms with Crippen molar-refractivity contribution in [2.75, 3.05) is 0 Å². The normalized spacial score (nSPS) is 15.1. The Kier molecular flexibility index (Phi) is 8.25. The fourth-order valence-corrected chi connectivity index (χ4v) is 3.11. The number of nitrogens with zero attached hydrogens (tertiary/aromatic N) is 7. The van der Waals surface area contributed by atoms with Crippen molar-refractivity contribution < 1.29 is 0 Å². The van der Waals surface area contributed by atoms with Gasteiger partial charge in [-0.25, -0.2) is 4.90 Å². The van der Waals surface area contributed by atoms with Crippen LogP contribution in [0.4, 0.5) is 0 Å². The Labute approximate surface area is 183 Å². The molecule has 158 valence electrons. The molecule has 0 saturated heterocycles. The lowest BCUT2D eigenvalue weighted by Crippen LogP contribution is -2.44. The maximum Gasteiger partial charge on any atom is 0.102 e. The van der Waals surface area contributed by atoms with Gasteiger partial charge in [-0.1, -0.05) is 18.2 Å². The standard InChI is InChI=1S/C24H27N7/c1-19(28-16-22-7-4-10-25-13-22)31(20(2)29-17-23-8-5-11-26-14-23)21(3)30-18-24-9-6-12-27-15-24/h4-21H,1-3H3. The van der Waals surface area contributed by atoms with E-state index in [4.69, 9.17) is 15.0 Å². The van der Waals surface area contributed by atoms with E-state index in [1.54, 1.807) is 37.2 Å². The van der Waals surface area contributed by atoms with Crippen molar-refractivity contribution in [3.8, 4) is 0 Å². The van der Waals surface area contributed by atoms with Gasteiger partial charge in [0.15, 0.2) is 0 Å². The van der Waals surface area contributed by atoms with Crippen molar-refractivity contribution in [3.05, 3.63) is 90.3 Å². The molecule has 31 heavy (non-hydrogen) atoms. The second-order valence-corrected chi connectivity index (χ2v) is 7.04. The van der Waals surface area contributed by atoms with Gasteiger partial charge in [-0.15, -0.1) is 0 Å². The predicted octanol–water partition coefficient (Wildman–Crippen LogP) is 3.87. The molecule has 0 aliphatic rings. The van der Waals surface area contributed by atoms with Crippen molar-refractivity contribution >= 4 is 18.6 Å². The summed E-state index contributed by atoms with van der Waals surface area (Å²) >= 11 is 0. The Bertz CT molecular complexity index is 856. The van der Waals surface area contributed by atoms with Gasteiger partial charge in [0.25, 0.3) is 0 Å². The van der Waals surface area contributed by atoms with E-state index in [9.17, 15) is 0 Å². The van der Waals surface area contributed by atoms with Crippen molar-refractivity contribution in [3.63, 3.8) is 0 Å². The zero-order valence-corrected chi connectivity index (χ0v) is 18.0. The van der Waals surface area contributed by atoms with Gasteiger partial charge < -0.3 is 0 Å². The van der Waals surface area contributed by atoms with Gasteiger partial charge in [0.2, 0.25) is 0 Å². The molecule has 7 heteroatoms. The molecule has 3 heterocycles. The molecule has 7 nitrogen and oxygen atoms in total. The first-order valence-corrected chi connectivity index (χ1v) is 10.2. The molecule has 3 aromatic heterocycles. The zero-order valence-electron chi connectivity index (χ0n) is 18.0. The van der Waals surface area contributed by atoms with Crippen molar-refractivity contribution in [1.82, 2.24) is 19.9 Å². The average molecular weight is 414 g/mol. The fraction of sp³-hybridized carbons (Fsp3) is 0.250. The van der Waals surface area contributed by atoms with Crippen LogP contribution in [0.15, 0.2) is 88.6 Å². The average Bonchev–Trinajstić information content (AvgIpc) is 2.82. The third kappa shape index (κ3) is 7.01. The van der Waals surface area contributed by atoms with Gasteiger partial charge in [0.05, 0.1) is 0 Å². The minimum absolute atomic E-state index is 0.151. The van der Waals surface area contributed by atoms with E-state index >= 15 is 0 Å². The molecule has 3 aromatic rings. The van der Waals surface area contributed by atoms with E-state index in [1.807, 2.05) is 75.8 Å². The molecule has 0 radical (unpaired) electrons. The largest absolute Gasteiger partial charge is 0.274 e. The van der Waals surface area contributed by atoms with Gasteiger partial charge in [-0.2, -0.15) is 0 Å². The predicted molar refractivity (Wildman–Crippen MR) is 126 cm³/mol. The molecule has 0 fully saturated rings. The van der Waals surface area contributed by atoms with Crippen LogP contribution in [0.1, 0.15) is 37.5 Å². The Balaban J connectivity index is 1.80. The summed E-state index contributed by atoms with van der Waals surface area (Å²) in [6, 6.07) is 11.6. The SMILES string of the molecule is CC(N=Cc1cccnc1)N(C(C)N=Cc1cccnc1)C(C)N=Cc1cccnc1. The molecule has 3 rings (SSSR count). The summed E-state index contributed by atoms with van der Waals surface area (Å²) in [6.45, 7) is 6.12. The third-order valence-corrected chi connectivity index (χ3v) is 4.67. The van der Waals surface area contributed by atoms with Crippen LogP contribution >= 0.6 is 0 Å². The number of hydrogen-bond donors (Lipinski definition) is 0. The van der Waals surface area contributed by atoms with E-state index in [1.165, 1.54) is 0 Å². The lowest BCUT2D eigenvalue weighted by Gasteiger charge is -2.33. The number of aliphatic imine (C=N–C) groups is 3. The van der Waals surface area contributed by atoms with Gasteiger partial charge in [-0.05, 0) is 39.0 Å². The molecule has 0 aliphatic heterocycles. The number of aromatic nitrogens is 3. The Morgan fingerprint density at radius 3 is 1.19 bits per heavy atom. The van der Waals surface area contributed by atoms with Crippen LogP contribution in [0.2, 0.25) is 0 Å². The molecule has 3 unspecified atom stereocenters. The minimum Gasteiger partial charge on any atom is -0.274 e. The Morgan fingerprint density at radius 1 is 0.613 bits per heavy atom. The Morgan fingerprint density at radius 2 is 0.935 bits per heavy atom. The number of rotatable bonds is 9. The van der Waals surface area contributed by atoms with E-state index in [0.29, 0.717) is 0 Å². The van der Waals surface area contributed by atoms with Gasteiger partial charge in [0, 0.05) is 72.5 Å². The second kappa shape index (κ2) is 11.6. The monoisotopic (exact) mass is 413 g/mol. The summed E-state index contributed by atoms with van der Waals surface area (Å²) in [5, 5.41) is 0. The van der Waals surface area contributed by atoms with Gasteiger partial charge >= 0.3 is 0 Å². The Hall–Kier alpha value is -3.58. The van der Waals surface area contributed by atoms with E-state index in [2.05, 4.69) is 19.9 Å². The molecule has 0 amide bonds. The van der Waals surface area contributed by atoms with E-state index in [0.717, 1.165) is 16.7 Å². The molecular weight excluding hydrogens is 386 g/mol. The summed E-state index contributed by atoms with van der Waals surface area (Å²) in [5.41, 5.74) is 2.85. The lowest BCUT2D eigenvalue weighted by atomic mass is 10.3. The van der Waals surface area contributed by atoms with Crippen LogP contribution in [0, 0.1) is 0 Å².